The number of aromatic nitrogens is 1. The molecule has 2 N–H and O–H groups in total. The number of carbonyl (C=O) groups excluding carboxylic acids is 3. The van der Waals surface area contributed by atoms with Crippen molar-refractivity contribution in [3.63, 3.8) is 0 Å². The minimum Gasteiger partial charge on any atom is -0.461 e. The number of rotatable bonds is 8. The van der Waals surface area contributed by atoms with Crippen molar-refractivity contribution in [1.29, 1.82) is 0 Å². The molecule has 2 bridgehead atoms. The molecule has 5 rings (SSSR count). The van der Waals surface area contributed by atoms with Gasteiger partial charge in [-0.25, -0.2) is 4.99 Å². The third kappa shape index (κ3) is 12.9. The molecule has 13 nitrogen and oxygen atoms in total. The second-order valence-corrected chi connectivity index (χ2v) is 19.7. The zero-order valence-electron chi connectivity index (χ0n) is 38.5. The van der Waals surface area contributed by atoms with Crippen LogP contribution in [0.3, 0.4) is 0 Å². The number of pyridine rings is 1. The van der Waals surface area contributed by atoms with Crippen molar-refractivity contribution in [3.05, 3.63) is 83.7 Å². The lowest BCUT2D eigenvalue weighted by Gasteiger charge is -2.49. The summed E-state index contributed by atoms with van der Waals surface area (Å²) in [5.41, 5.74) is 0.259. The maximum absolute atomic E-state index is 14.5. The first-order valence-corrected chi connectivity index (χ1v) is 23.4. The van der Waals surface area contributed by atoms with Crippen LogP contribution in [0.5, 0.6) is 0 Å². The molecule has 0 aliphatic carbocycles. The smallest absolute Gasteiger partial charge is 0.313 e. The number of halogens is 1. The minimum absolute atomic E-state index is 0.111. The summed E-state index contributed by atoms with van der Waals surface area (Å²) in [6, 6.07) is 13.1. The van der Waals surface area contributed by atoms with Gasteiger partial charge in [-0.1, -0.05) is 75.4 Å². The monoisotopic (exact) mass is 985 g/mol. The standard InChI is InChI=1S/C49H68IN3O10/c1-29-26-48(7)44(62-46-42(56)39(53(9)10)24-30(2)60-46)32(4)43(61-40(55)25-37-20-15-23-51-27-37)33(5)45(57)63-47(50)49(8,58)38(31(3)41(29)52-34(6)54)22-21-36(28-59-48)19-14-18-35-16-12-11-13-17-35/h11-20,23,27,29-33,38-39,42-44,46-47,56,58H,21-22,24-26,28H2,1-10H3/b18-14+,36-19+,52-41?/t29-,30-,31-,32+,33-,38-,39+,42-,43+,44-,46+,47+,48-,49+/m1/s1. The lowest BCUT2D eigenvalue weighted by molar-refractivity contribution is -0.303. The Hall–Kier alpha value is -3.38. The highest BCUT2D eigenvalue weighted by atomic mass is 127. The number of amides is 1. The summed E-state index contributed by atoms with van der Waals surface area (Å²) in [4.78, 5) is 52.1. The Morgan fingerprint density at radius 3 is 2.43 bits per heavy atom. The van der Waals surface area contributed by atoms with Crippen LogP contribution in [0, 0.1) is 29.6 Å². The molecule has 0 unspecified atom stereocenters. The van der Waals surface area contributed by atoms with Crippen molar-refractivity contribution in [3.8, 4) is 0 Å². The number of aliphatic hydroxyl groups excluding tert-OH is 1. The summed E-state index contributed by atoms with van der Waals surface area (Å²) in [5.74, 6) is -4.95. The number of esters is 2. The predicted octanol–water partition coefficient (Wildman–Crippen LogP) is 7.16. The van der Waals surface area contributed by atoms with Crippen LogP contribution in [0.15, 0.2) is 77.6 Å². The van der Waals surface area contributed by atoms with Crippen molar-refractivity contribution in [2.75, 3.05) is 20.7 Å². The first kappa shape index (κ1) is 50.6. The second-order valence-electron chi connectivity index (χ2n) is 18.5. The summed E-state index contributed by atoms with van der Waals surface area (Å²) >= 11 is 1.97. The largest absolute Gasteiger partial charge is 0.461 e. The van der Waals surface area contributed by atoms with Crippen LogP contribution >= 0.6 is 22.6 Å². The van der Waals surface area contributed by atoms with Gasteiger partial charge in [0.25, 0.3) is 0 Å². The Morgan fingerprint density at radius 2 is 1.78 bits per heavy atom. The molecule has 0 spiro atoms. The van der Waals surface area contributed by atoms with E-state index < -0.39 is 81.4 Å². The second kappa shape index (κ2) is 22.2. The maximum Gasteiger partial charge on any atom is 0.313 e. The fourth-order valence-electron chi connectivity index (χ4n) is 9.68. The number of aliphatic imine (C=N–C) groups is 1. The highest BCUT2D eigenvalue weighted by molar-refractivity contribution is 14.1. The molecule has 0 saturated carbocycles. The SMILES string of the molecule is CC(=O)N=C1[C@H](C)C[C@@]2(C)OC/C(=C/C=C/c3ccccc3)CC[C@H]([C@H]1C)[C@](C)(O)[C@@H](I)OC(=O)[C@H](C)[C@@H](OC(=O)Cc1cccnc1)[C@H](C)[C@H]2O[C@@H]1O[C@H](C)C[C@H](N(C)C)[C@H]1O. The molecule has 2 aromatic rings. The van der Waals surface area contributed by atoms with Gasteiger partial charge in [0, 0.05) is 42.9 Å². The predicted molar refractivity (Wildman–Crippen MR) is 250 cm³/mol. The topological polar surface area (TPSA) is 166 Å². The van der Waals surface area contributed by atoms with E-state index in [0.717, 1.165) is 11.1 Å². The van der Waals surface area contributed by atoms with Gasteiger partial charge in [0.15, 0.2) is 10.4 Å². The Balaban J connectivity index is 1.74. The number of hydrogen-bond acceptors (Lipinski definition) is 12. The number of likely N-dealkylation sites (N-methyl/N-ethyl adjacent to an activating group) is 1. The van der Waals surface area contributed by atoms with Crippen molar-refractivity contribution >= 4 is 52.2 Å². The third-order valence-corrected chi connectivity index (χ3v) is 14.7. The molecule has 3 fully saturated rings. The first-order chi connectivity index (χ1) is 29.7. The van der Waals surface area contributed by atoms with Crippen molar-refractivity contribution in [2.24, 2.45) is 34.6 Å². The molecule has 14 atom stereocenters. The number of cyclic esters (lactones) is 1. The van der Waals surface area contributed by atoms with Gasteiger partial charge in [-0.2, -0.15) is 0 Å². The lowest BCUT2D eigenvalue weighted by Crippen LogP contribution is -2.60. The van der Waals surface area contributed by atoms with Crippen LogP contribution in [-0.2, 0) is 44.5 Å². The van der Waals surface area contributed by atoms with Gasteiger partial charge in [0.1, 0.15) is 17.8 Å². The molecule has 346 valence electrons. The Labute approximate surface area is 387 Å². The molecule has 4 heterocycles. The van der Waals surface area contributed by atoms with Crippen LogP contribution in [0.2, 0.25) is 0 Å². The van der Waals surface area contributed by atoms with E-state index in [1.807, 2.05) is 125 Å². The number of benzene rings is 1. The number of ether oxygens (including phenoxy) is 5. The number of alkyl halides is 1. The van der Waals surface area contributed by atoms with Crippen LogP contribution in [0.4, 0.5) is 0 Å². The minimum atomic E-state index is -1.61. The van der Waals surface area contributed by atoms with E-state index in [4.69, 9.17) is 23.7 Å². The molecule has 1 aromatic heterocycles. The quantitative estimate of drug-likeness (QED) is 0.156. The molecule has 3 aliphatic heterocycles. The number of allylic oxidation sites excluding steroid dienone is 2. The Morgan fingerprint density at radius 1 is 1.06 bits per heavy atom. The van der Waals surface area contributed by atoms with Crippen LogP contribution in [0.1, 0.15) is 92.2 Å². The molecule has 0 radical (unpaired) electrons. The fourth-order valence-corrected chi connectivity index (χ4v) is 10.4. The van der Waals surface area contributed by atoms with E-state index in [0.29, 0.717) is 30.5 Å². The van der Waals surface area contributed by atoms with Crippen LogP contribution < -0.4 is 0 Å². The van der Waals surface area contributed by atoms with Crippen molar-refractivity contribution < 1.29 is 48.3 Å². The summed E-state index contributed by atoms with van der Waals surface area (Å²) in [7, 11) is 3.80. The van der Waals surface area contributed by atoms with E-state index in [-0.39, 0.29) is 37.5 Å². The van der Waals surface area contributed by atoms with E-state index in [2.05, 4.69) is 9.98 Å². The number of hydrogen-bond donors (Lipinski definition) is 2. The molecule has 14 heteroatoms. The van der Waals surface area contributed by atoms with Gasteiger partial charge in [-0.05, 0) is 125 Å². The molecule has 3 saturated heterocycles. The summed E-state index contributed by atoms with van der Waals surface area (Å²) < 4.78 is 32.2. The van der Waals surface area contributed by atoms with E-state index in [9.17, 15) is 24.6 Å². The molecule has 1 amide bonds. The zero-order chi connectivity index (χ0) is 46.2. The van der Waals surface area contributed by atoms with Crippen molar-refractivity contribution in [1.82, 2.24) is 9.88 Å². The van der Waals surface area contributed by atoms with Gasteiger partial charge in [-0.3, -0.25) is 19.4 Å². The highest BCUT2D eigenvalue weighted by Gasteiger charge is 2.53. The van der Waals surface area contributed by atoms with E-state index >= 15 is 0 Å². The molecule has 3 aliphatic rings. The molecule has 1 aromatic carbocycles. The average Bonchev–Trinajstić information content (AvgIpc) is 3.24. The number of nitrogens with zero attached hydrogens (tertiary/aromatic N) is 3. The number of carbonyl (C=O) groups is 3. The summed E-state index contributed by atoms with van der Waals surface area (Å²) in [6.07, 6.45) is 6.18. The molecule has 63 heavy (non-hydrogen) atoms. The molecular weight excluding hydrogens is 917 g/mol. The number of aliphatic hydroxyl groups is 2. The highest BCUT2D eigenvalue weighted by Crippen LogP contribution is 2.44. The van der Waals surface area contributed by atoms with Gasteiger partial charge in [0.2, 0.25) is 5.91 Å². The zero-order valence-corrected chi connectivity index (χ0v) is 40.6. The van der Waals surface area contributed by atoms with Gasteiger partial charge in [-0.15, -0.1) is 0 Å². The van der Waals surface area contributed by atoms with E-state index in [1.165, 1.54) is 6.92 Å². The third-order valence-electron chi connectivity index (χ3n) is 13.1. The Bertz CT molecular complexity index is 1940. The normalized spacial score (nSPS) is 37.5. The Kier molecular flexibility index (Phi) is 17.8. The van der Waals surface area contributed by atoms with Gasteiger partial charge in [0.05, 0.1) is 36.8 Å². The van der Waals surface area contributed by atoms with Gasteiger partial charge >= 0.3 is 11.9 Å². The summed E-state index contributed by atoms with van der Waals surface area (Å²) in [5, 5.41) is 24.5. The number of fused-ring (bicyclic) bond motifs is 5. The lowest BCUT2D eigenvalue weighted by atomic mass is 9.70. The average molecular weight is 986 g/mol. The van der Waals surface area contributed by atoms with Crippen molar-refractivity contribution in [2.45, 2.75) is 140 Å². The summed E-state index contributed by atoms with van der Waals surface area (Å²) in [6.45, 7) is 14.5. The maximum atomic E-state index is 14.5. The van der Waals surface area contributed by atoms with Crippen LogP contribution in [0.25, 0.3) is 6.08 Å². The van der Waals surface area contributed by atoms with Crippen LogP contribution in [-0.4, -0.2) is 116 Å². The van der Waals surface area contributed by atoms with E-state index in [1.54, 1.807) is 38.4 Å². The first-order valence-electron chi connectivity index (χ1n) is 22.2. The van der Waals surface area contributed by atoms with Gasteiger partial charge < -0.3 is 38.8 Å². The molecular formula is C49H68IN3O10. The fraction of sp³-hybridized carbons (Fsp3) is 0.612.